The van der Waals surface area contributed by atoms with Gasteiger partial charge in [0.1, 0.15) is 0 Å². The molecule has 0 atom stereocenters. The molecule has 0 aliphatic rings. The maximum absolute atomic E-state index is 14.8. The number of esters is 2. The Morgan fingerprint density at radius 2 is 0.556 bits per heavy atom. The Bertz CT molecular complexity index is 2820. The van der Waals surface area contributed by atoms with E-state index in [1.165, 1.54) is 0 Å². The average molecular weight is 823 g/mol. The summed E-state index contributed by atoms with van der Waals surface area (Å²) in [6, 6.07) is 52.2. The molecule has 0 saturated heterocycles. The molecule has 0 fully saturated rings. The number of ketones is 2. The highest BCUT2D eigenvalue weighted by Crippen LogP contribution is 2.42. The molecule has 0 heterocycles. The van der Waals surface area contributed by atoms with Crippen molar-refractivity contribution in [1.29, 1.82) is 0 Å². The fourth-order valence-electron chi connectivity index (χ4n) is 9.08. The smallest absolute Gasteiger partial charge is 0.346 e. The van der Waals surface area contributed by atoms with Crippen LogP contribution in [0.1, 0.15) is 85.9 Å². The van der Waals surface area contributed by atoms with Gasteiger partial charge in [-0.05, 0) is 110 Å². The van der Waals surface area contributed by atoms with Crippen molar-refractivity contribution in [2.24, 2.45) is 0 Å². The average Bonchev–Trinajstić information content (AvgIpc) is 3.28. The van der Waals surface area contributed by atoms with E-state index in [9.17, 15) is 19.2 Å². The van der Waals surface area contributed by atoms with Gasteiger partial charge in [-0.3, -0.25) is 9.59 Å². The molecular weight excluding hydrogens is 777 g/mol. The molecule has 5 nitrogen and oxygen atoms in total. The molecule has 8 rings (SSSR count). The highest BCUT2D eigenvalue weighted by Gasteiger charge is 2.31. The number of hydrogen-bond acceptors (Lipinski definition) is 5. The van der Waals surface area contributed by atoms with E-state index >= 15 is 0 Å². The first kappa shape index (κ1) is 42.0. The molecule has 0 aliphatic carbocycles. The summed E-state index contributed by atoms with van der Waals surface area (Å²) in [7, 11) is 0. The second-order valence-corrected chi connectivity index (χ2v) is 16.2. The molecule has 0 saturated carbocycles. The van der Waals surface area contributed by atoms with E-state index in [4.69, 9.17) is 4.74 Å². The summed E-state index contributed by atoms with van der Waals surface area (Å²) in [5.74, 6) is -2.12. The Kier molecular flexibility index (Phi) is 11.8. The molecule has 0 spiro atoms. The van der Waals surface area contributed by atoms with Gasteiger partial charge in [0.15, 0.2) is 11.6 Å². The Hall–Kier alpha value is -7.76. The third-order valence-electron chi connectivity index (χ3n) is 11.6. The first-order valence-corrected chi connectivity index (χ1v) is 21.0. The molecule has 0 N–H and O–H groups in total. The number of carbonyl (C=O) groups is 4. The Labute approximate surface area is 368 Å². The summed E-state index contributed by atoms with van der Waals surface area (Å²) in [6.07, 6.45) is 0. The van der Waals surface area contributed by atoms with Crippen LogP contribution >= 0.6 is 0 Å². The molecule has 5 heteroatoms. The SMILES string of the molecule is Cc1cc(C)c(C(=O)c2ccc(C(=O)OC(=O)c3ccc(C(=O)c4c(C)cc(C)cc4C)c(-c4ccccc4)c3-c3ccccc3)c(-c3ccccc3)c2-c2ccccc2)c(C)c1. The molecule has 0 unspecified atom stereocenters. The lowest BCUT2D eigenvalue weighted by molar-refractivity contribution is 0.0398. The van der Waals surface area contributed by atoms with Crippen LogP contribution in [0.15, 0.2) is 170 Å². The van der Waals surface area contributed by atoms with E-state index in [-0.39, 0.29) is 22.7 Å². The molecule has 0 radical (unpaired) electrons. The molecule has 8 aromatic rings. The molecule has 0 amide bonds. The van der Waals surface area contributed by atoms with Crippen LogP contribution in [0.5, 0.6) is 0 Å². The summed E-state index contributed by atoms with van der Waals surface area (Å²) in [6.45, 7) is 11.8. The van der Waals surface area contributed by atoms with Crippen molar-refractivity contribution >= 4 is 23.5 Å². The van der Waals surface area contributed by atoms with Crippen molar-refractivity contribution in [3.05, 3.63) is 237 Å². The van der Waals surface area contributed by atoms with E-state index < -0.39 is 11.9 Å². The summed E-state index contributed by atoms with van der Waals surface area (Å²) in [5.41, 5.74) is 12.6. The minimum atomic E-state index is -0.885. The third kappa shape index (κ3) is 8.21. The van der Waals surface area contributed by atoms with E-state index in [1.807, 2.05) is 187 Å². The fraction of sp³-hybridized carbons (Fsp3) is 0.103. The highest BCUT2D eigenvalue weighted by molar-refractivity contribution is 6.20. The molecule has 63 heavy (non-hydrogen) atoms. The predicted octanol–water partition coefficient (Wildman–Crippen LogP) is 13.7. The Morgan fingerprint density at radius 1 is 0.317 bits per heavy atom. The maximum Gasteiger partial charge on any atom is 0.346 e. The Morgan fingerprint density at radius 3 is 0.825 bits per heavy atom. The van der Waals surface area contributed by atoms with Crippen molar-refractivity contribution in [2.45, 2.75) is 41.5 Å². The van der Waals surface area contributed by atoms with Gasteiger partial charge in [-0.2, -0.15) is 0 Å². The lowest BCUT2D eigenvalue weighted by Crippen LogP contribution is -2.17. The van der Waals surface area contributed by atoms with Gasteiger partial charge in [0, 0.05) is 44.5 Å². The molecule has 0 bridgehead atoms. The number of carbonyl (C=O) groups excluding carboxylic acids is 4. The number of benzene rings is 8. The minimum Gasteiger partial charge on any atom is -0.386 e. The number of rotatable bonds is 10. The van der Waals surface area contributed by atoms with Crippen molar-refractivity contribution in [3.63, 3.8) is 0 Å². The van der Waals surface area contributed by atoms with Gasteiger partial charge < -0.3 is 4.74 Å². The summed E-state index contributed by atoms with van der Waals surface area (Å²) in [4.78, 5) is 59.1. The predicted molar refractivity (Wildman–Crippen MR) is 253 cm³/mol. The molecular formula is C58H46O5. The molecule has 0 aromatic heterocycles. The van der Waals surface area contributed by atoms with Crippen molar-refractivity contribution in [3.8, 4) is 44.5 Å². The summed E-state index contributed by atoms with van der Waals surface area (Å²) in [5, 5.41) is 0. The normalized spacial score (nSPS) is 11.0. The van der Waals surface area contributed by atoms with Crippen molar-refractivity contribution in [1.82, 2.24) is 0 Å². The van der Waals surface area contributed by atoms with Crippen LogP contribution in [0.4, 0.5) is 0 Å². The van der Waals surface area contributed by atoms with Gasteiger partial charge in [-0.15, -0.1) is 0 Å². The van der Waals surface area contributed by atoms with E-state index in [1.54, 1.807) is 24.3 Å². The fourth-order valence-corrected chi connectivity index (χ4v) is 9.08. The summed E-state index contributed by atoms with van der Waals surface area (Å²) < 4.78 is 5.95. The number of ether oxygens (including phenoxy) is 1. The van der Waals surface area contributed by atoms with Crippen LogP contribution in [0, 0.1) is 41.5 Å². The zero-order valence-electron chi connectivity index (χ0n) is 36.2. The van der Waals surface area contributed by atoms with Gasteiger partial charge in [0.05, 0.1) is 11.1 Å². The maximum atomic E-state index is 14.8. The van der Waals surface area contributed by atoms with E-state index in [2.05, 4.69) is 0 Å². The zero-order valence-corrected chi connectivity index (χ0v) is 36.2. The van der Waals surface area contributed by atoms with Crippen LogP contribution in [-0.4, -0.2) is 23.5 Å². The minimum absolute atomic E-state index is 0.115. The van der Waals surface area contributed by atoms with Gasteiger partial charge in [-0.25, -0.2) is 9.59 Å². The second-order valence-electron chi connectivity index (χ2n) is 16.2. The van der Waals surface area contributed by atoms with Gasteiger partial charge in [0.2, 0.25) is 0 Å². The first-order chi connectivity index (χ1) is 30.4. The number of aryl methyl sites for hydroxylation is 6. The van der Waals surface area contributed by atoms with Crippen LogP contribution in [0.3, 0.4) is 0 Å². The number of hydrogen-bond donors (Lipinski definition) is 0. The van der Waals surface area contributed by atoms with Crippen LogP contribution in [0.25, 0.3) is 44.5 Å². The largest absolute Gasteiger partial charge is 0.386 e. The molecule has 8 aromatic carbocycles. The summed E-state index contributed by atoms with van der Waals surface area (Å²) >= 11 is 0. The topological polar surface area (TPSA) is 77.5 Å². The van der Waals surface area contributed by atoms with Crippen LogP contribution in [-0.2, 0) is 4.74 Å². The Balaban J connectivity index is 1.31. The first-order valence-electron chi connectivity index (χ1n) is 21.0. The highest BCUT2D eigenvalue weighted by atomic mass is 16.6. The van der Waals surface area contributed by atoms with Crippen molar-refractivity contribution < 1.29 is 23.9 Å². The second kappa shape index (κ2) is 17.7. The van der Waals surface area contributed by atoms with Crippen LogP contribution in [0.2, 0.25) is 0 Å². The van der Waals surface area contributed by atoms with E-state index in [0.717, 1.165) is 44.5 Å². The molecule has 308 valence electrons. The van der Waals surface area contributed by atoms with Gasteiger partial charge >= 0.3 is 11.9 Å². The van der Waals surface area contributed by atoms with Gasteiger partial charge in [0.25, 0.3) is 0 Å². The zero-order chi connectivity index (χ0) is 44.4. The quantitative estimate of drug-likeness (QED) is 0.0780. The lowest BCUT2D eigenvalue weighted by atomic mass is 9.83. The standard InChI is InChI=1S/C58H46O5/c1-35-31-37(3)49(38(4)32-35)55(59)45-27-29-47(53(43-23-15-9-16-24-43)51(45)41-19-11-7-12-20-41)57(61)63-58(62)48-30-28-46(56(60)50-39(5)33-36(2)34-40(50)6)52(42-21-13-8-14-22-42)54(48)44-25-17-10-18-26-44/h7-34H,1-6H3. The van der Waals surface area contributed by atoms with E-state index in [0.29, 0.717) is 55.6 Å². The van der Waals surface area contributed by atoms with Gasteiger partial charge in [-0.1, -0.05) is 157 Å². The van der Waals surface area contributed by atoms with Crippen LogP contribution < -0.4 is 0 Å². The lowest BCUT2D eigenvalue weighted by Gasteiger charge is -2.21. The monoisotopic (exact) mass is 822 g/mol. The molecule has 0 aliphatic heterocycles. The third-order valence-corrected chi connectivity index (χ3v) is 11.6. The van der Waals surface area contributed by atoms with Crippen molar-refractivity contribution in [2.75, 3.05) is 0 Å².